The molecule has 0 saturated heterocycles. The molecule has 0 aromatic heterocycles. The van der Waals surface area contributed by atoms with Crippen molar-refractivity contribution in [3.8, 4) is 12.4 Å². The van der Waals surface area contributed by atoms with Gasteiger partial charge in [-0.05, 0) is 0 Å². The predicted molar refractivity (Wildman–Crippen MR) is 108 cm³/mol. The minimum absolute atomic E-state index is 0.983. The normalized spacial score (nSPS) is 12.8. The Bertz CT molecular complexity index is 379. The van der Waals surface area contributed by atoms with E-state index in [0.717, 1.165) is 24.6 Å². The first-order chi connectivity index (χ1) is 11.6. The Morgan fingerprint density at radius 1 is 0.625 bits per heavy atom. The molecule has 0 N–H and O–H groups in total. The fourth-order valence-electron chi connectivity index (χ4n) is 3.95. The summed E-state index contributed by atoms with van der Waals surface area (Å²) in [5, 5.41) is 18.9. The molecule has 0 aliphatic carbocycles. The molecule has 0 aliphatic heterocycles. The van der Waals surface area contributed by atoms with Crippen LogP contribution in [0.4, 0.5) is 0 Å². The molecule has 0 unspecified atom stereocenters. The molecule has 140 valence electrons. The quantitative estimate of drug-likeness (QED) is 0.142. The Morgan fingerprint density at radius 3 is 1.33 bits per heavy atom. The molecule has 3 nitrogen and oxygen atoms in total. The monoisotopic (exact) mass is 353 g/mol. The third kappa shape index (κ3) is 6.26. The first-order valence-electron chi connectivity index (χ1n) is 10.2. The van der Waals surface area contributed by atoms with E-state index in [1.54, 1.807) is 0 Å². The van der Waals surface area contributed by atoms with E-state index in [0.29, 0.717) is 0 Å². The summed E-state index contributed by atoms with van der Waals surface area (Å²) in [6, 6.07) is 0. The van der Waals surface area contributed by atoms with Gasteiger partial charge in [0.05, 0.1) is 0 Å². The van der Waals surface area contributed by atoms with Crippen LogP contribution in [0.3, 0.4) is 0 Å². The summed E-state index contributed by atoms with van der Waals surface area (Å²) in [6.07, 6.45) is 21.7. The molecule has 0 radical (unpaired) electrons. The van der Waals surface area contributed by atoms with Crippen LogP contribution in [0.25, 0.3) is 0 Å². The Balaban J connectivity index is 4.28. The molecule has 0 aromatic rings. The van der Waals surface area contributed by atoms with Crippen LogP contribution < -0.4 is 0 Å². The van der Waals surface area contributed by atoms with Crippen molar-refractivity contribution in [2.75, 3.05) is 24.6 Å². The Kier molecular flexibility index (Phi) is 12.1. The van der Waals surface area contributed by atoms with Crippen LogP contribution in [0.2, 0.25) is 0 Å². The van der Waals surface area contributed by atoms with Crippen LogP contribution in [-0.4, -0.2) is 29.3 Å². The van der Waals surface area contributed by atoms with Gasteiger partial charge in [-0.25, -0.2) is 0 Å². The summed E-state index contributed by atoms with van der Waals surface area (Å²) in [6.45, 7) is 6.45. The van der Waals surface area contributed by atoms with E-state index in [2.05, 4.69) is 40.1 Å². The van der Waals surface area contributed by atoms with Gasteiger partial charge >= 0.3 is 151 Å². The molecule has 24 heavy (non-hydrogen) atoms. The average Bonchev–Trinajstić information content (AvgIpc) is 2.63. The van der Waals surface area contributed by atoms with E-state index >= 15 is 0 Å². The molecule has 0 aliphatic rings. The van der Waals surface area contributed by atoms with Crippen molar-refractivity contribution in [1.82, 2.24) is 4.67 Å². The number of hydrogen-bond acceptors (Lipinski definition) is 3. The van der Waals surface area contributed by atoms with Gasteiger partial charge in [-0.15, -0.1) is 0 Å². The Hall–Kier alpha value is -0.790. The molecule has 4 heteroatoms. The maximum absolute atomic E-state index is 9.47. The number of hydrogen-bond donors (Lipinski definition) is 0. The molecule has 0 spiro atoms. The van der Waals surface area contributed by atoms with Gasteiger partial charge in [0.25, 0.3) is 0 Å². The van der Waals surface area contributed by atoms with Gasteiger partial charge in [-0.1, -0.05) is 0 Å². The maximum atomic E-state index is 9.47. The number of unbranched alkanes of at least 4 members (excludes halogenated alkanes) is 9. The van der Waals surface area contributed by atoms with Crippen molar-refractivity contribution in [3.63, 3.8) is 0 Å². The molecule has 0 saturated carbocycles. The van der Waals surface area contributed by atoms with Gasteiger partial charge in [0, 0.05) is 0 Å². The molecule has 0 fully saturated rings. The molecule has 0 rings (SSSR count). The average molecular weight is 354 g/mol. The molecular formula is C20H40N3P. The fourth-order valence-corrected chi connectivity index (χ4v) is 8.83. The topological polar surface area (TPSA) is 50.8 Å². The van der Waals surface area contributed by atoms with Crippen LogP contribution in [-0.2, 0) is 0 Å². The summed E-state index contributed by atoms with van der Waals surface area (Å²) < 4.78 is 1.53. The second kappa shape index (κ2) is 12.6. The number of nitrogens with zero attached hydrogens (tertiary/aromatic N) is 3. The fraction of sp³-hybridized carbons (Fsp3) is 0.900. The van der Waals surface area contributed by atoms with Gasteiger partial charge in [0.1, 0.15) is 0 Å². The molecular weight excluding hydrogens is 313 g/mol. The van der Waals surface area contributed by atoms with E-state index in [4.69, 9.17) is 0 Å². The van der Waals surface area contributed by atoms with Gasteiger partial charge < -0.3 is 0 Å². The van der Waals surface area contributed by atoms with E-state index in [1.165, 1.54) is 68.9 Å². The zero-order valence-electron chi connectivity index (χ0n) is 16.7. The van der Waals surface area contributed by atoms with Gasteiger partial charge in [0.15, 0.2) is 0 Å². The zero-order chi connectivity index (χ0) is 18.3. The van der Waals surface area contributed by atoms with Crippen molar-refractivity contribution < 1.29 is 0 Å². The van der Waals surface area contributed by atoms with Gasteiger partial charge in [0.2, 0.25) is 0 Å². The first kappa shape index (κ1) is 23.2. The molecule has 0 amide bonds. The van der Waals surface area contributed by atoms with E-state index < -0.39 is 6.75 Å². The Morgan fingerprint density at radius 2 is 1.00 bits per heavy atom. The van der Waals surface area contributed by atoms with Crippen LogP contribution >= 0.6 is 6.75 Å². The number of rotatable bonds is 15. The SMILES string of the molecule is CCCCCCCCCCCCP(CC)(CC)(CC)N(C#N)C#N. The van der Waals surface area contributed by atoms with Crippen molar-refractivity contribution in [2.24, 2.45) is 0 Å². The second-order valence-electron chi connectivity index (χ2n) is 7.27. The molecule has 0 atom stereocenters. The molecule has 0 aromatic carbocycles. The summed E-state index contributed by atoms with van der Waals surface area (Å²) in [4.78, 5) is 0. The van der Waals surface area contributed by atoms with E-state index in [1.807, 2.05) is 0 Å². The van der Waals surface area contributed by atoms with Gasteiger partial charge in [-0.3, -0.25) is 0 Å². The van der Waals surface area contributed by atoms with Gasteiger partial charge in [-0.2, -0.15) is 0 Å². The number of nitriles is 2. The summed E-state index contributed by atoms with van der Waals surface area (Å²) in [7, 11) is 0. The van der Waals surface area contributed by atoms with Crippen LogP contribution in [0, 0.1) is 22.9 Å². The minimum atomic E-state index is -2.36. The van der Waals surface area contributed by atoms with Crippen LogP contribution in [0.1, 0.15) is 91.9 Å². The first-order valence-corrected chi connectivity index (χ1v) is 13.1. The van der Waals surface area contributed by atoms with Crippen molar-refractivity contribution in [2.45, 2.75) is 91.9 Å². The van der Waals surface area contributed by atoms with Crippen molar-refractivity contribution in [3.05, 3.63) is 0 Å². The second-order valence-corrected chi connectivity index (χ2v) is 13.8. The third-order valence-corrected chi connectivity index (χ3v) is 13.9. The third-order valence-electron chi connectivity index (χ3n) is 6.28. The molecule has 0 heterocycles. The van der Waals surface area contributed by atoms with Crippen LogP contribution in [0.5, 0.6) is 0 Å². The summed E-state index contributed by atoms with van der Waals surface area (Å²) >= 11 is 0. The Labute approximate surface area is 151 Å². The van der Waals surface area contributed by atoms with Crippen LogP contribution in [0.15, 0.2) is 0 Å². The standard InChI is InChI=1S/C20H40N3P/c1-5-9-10-11-12-13-14-15-16-17-18-24(6-2,7-3,8-4)23(19-21)20-22/h5-18H2,1-4H3. The summed E-state index contributed by atoms with van der Waals surface area (Å²) in [5.74, 6) is 0. The molecule has 0 bridgehead atoms. The predicted octanol–water partition coefficient (Wildman–Crippen LogP) is 6.70. The zero-order valence-corrected chi connectivity index (χ0v) is 17.6. The van der Waals surface area contributed by atoms with Crippen molar-refractivity contribution >= 4 is 6.75 Å². The van der Waals surface area contributed by atoms with E-state index in [-0.39, 0.29) is 0 Å². The van der Waals surface area contributed by atoms with E-state index in [9.17, 15) is 10.5 Å². The van der Waals surface area contributed by atoms with Crippen molar-refractivity contribution in [1.29, 1.82) is 10.5 Å². The summed E-state index contributed by atoms with van der Waals surface area (Å²) in [5.41, 5.74) is 0.